The van der Waals surface area contributed by atoms with Crippen molar-refractivity contribution in [2.75, 3.05) is 14.2 Å². The van der Waals surface area contributed by atoms with Gasteiger partial charge in [-0.2, -0.15) is 10.5 Å². The van der Waals surface area contributed by atoms with Gasteiger partial charge >= 0.3 is 11.9 Å². The molecule has 2 rings (SSSR count). The number of rotatable bonds is 3. The Morgan fingerprint density at radius 2 is 1.43 bits per heavy atom. The van der Waals surface area contributed by atoms with Crippen molar-refractivity contribution in [3.8, 4) is 12.1 Å². The van der Waals surface area contributed by atoms with Crippen LogP contribution in [0.3, 0.4) is 0 Å². The summed E-state index contributed by atoms with van der Waals surface area (Å²) in [6.45, 7) is 0. The Morgan fingerprint density at radius 3 is 1.76 bits per heavy atom. The van der Waals surface area contributed by atoms with Gasteiger partial charge < -0.3 is 9.47 Å². The zero-order chi connectivity index (χ0) is 15.7. The minimum Gasteiger partial charge on any atom is -0.468 e. The average molecular weight is 284 g/mol. The Morgan fingerprint density at radius 1 is 1.00 bits per heavy atom. The van der Waals surface area contributed by atoms with E-state index in [9.17, 15) is 20.1 Å². The first-order valence-electron chi connectivity index (χ1n) is 6.11. The zero-order valence-corrected chi connectivity index (χ0v) is 11.5. The Kier molecular flexibility index (Phi) is 3.40. The Bertz CT molecular complexity index is 633. The third kappa shape index (κ3) is 1.56. The number of carbonyl (C=O) groups is 2. The number of methoxy groups -OCH3 is 2. The van der Waals surface area contributed by atoms with E-state index in [1.165, 1.54) is 0 Å². The van der Waals surface area contributed by atoms with Crippen molar-refractivity contribution < 1.29 is 19.1 Å². The van der Waals surface area contributed by atoms with Gasteiger partial charge in [-0.25, -0.2) is 0 Å². The molecule has 0 N–H and O–H groups in total. The third-order valence-corrected chi connectivity index (χ3v) is 3.91. The third-order valence-electron chi connectivity index (χ3n) is 3.91. The number of carbonyl (C=O) groups excluding carboxylic acids is 2. The average Bonchev–Trinajstić information content (AvgIpc) is 3.18. The normalized spacial score (nSPS) is 29.6. The summed E-state index contributed by atoms with van der Waals surface area (Å²) < 4.78 is 9.30. The Hall–Kier alpha value is -2.86. The number of benzene rings is 1. The largest absolute Gasteiger partial charge is 0.468 e. The van der Waals surface area contributed by atoms with Gasteiger partial charge in [-0.05, 0) is 5.56 Å². The summed E-state index contributed by atoms with van der Waals surface area (Å²) in [4.78, 5) is 24.2. The minimum atomic E-state index is -1.88. The summed E-state index contributed by atoms with van der Waals surface area (Å²) in [5, 5.41) is 19.0. The van der Waals surface area contributed by atoms with Crippen molar-refractivity contribution in [3.05, 3.63) is 35.9 Å². The summed E-state index contributed by atoms with van der Waals surface area (Å²) in [6.07, 6.45) is 0. The summed E-state index contributed by atoms with van der Waals surface area (Å²) in [5.74, 6) is -2.74. The summed E-state index contributed by atoms with van der Waals surface area (Å²) in [6, 6.07) is 12.1. The van der Waals surface area contributed by atoms with Crippen LogP contribution in [0.15, 0.2) is 30.3 Å². The van der Waals surface area contributed by atoms with Crippen LogP contribution in [-0.4, -0.2) is 26.2 Å². The van der Waals surface area contributed by atoms with Gasteiger partial charge in [0.1, 0.15) is 0 Å². The maximum atomic E-state index is 12.1. The number of esters is 2. The molecule has 6 nitrogen and oxygen atoms in total. The van der Waals surface area contributed by atoms with Gasteiger partial charge in [-0.3, -0.25) is 9.59 Å². The van der Waals surface area contributed by atoms with Gasteiger partial charge in [0.05, 0.1) is 26.4 Å². The lowest BCUT2D eigenvalue weighted by Crippen LogP contribution is -2.29. The predicted molar refractivity (Wildman–Crippen MR) is 69.3 cm³/mol. The molecular formula is C15H12N2O4. The number of hydrogen-bond acceptors (Lipinski definition) is 6. The standard InChI is InChI=1S/C15H12N2O4/c1-20-12(18)14(8-16)11(10-6-4-3-5-7-10)15(14,9-17)13(19)21-2/h3-7,11H,1-2H3. The minimum absolute atomic E-state index is 0.538. The Labute approximate surface area is 121 Å². The van der Waals surface area contributed by atoms with Gasteiger partial charge in [0.2, 0.25) is 0 Å². The van der Waals surface area contributed by atoms with Crippen molar-refractivity contribution in [1.29, 1.82) is 10.5 Å². The quantitative estimate of drug-likeness (QED) is 0.772. The summed E-state index contributed by atoms with van der Waals surface area (Å²) in [5.41, 5.74) is -3.23. The molecule has 0 bridgehead atoms. The highest BCUT2D eigenvalue weighted by molar-refractivity contribution is 6.02. The van der Waals surface area contributed by atoms with Crippen LogP contribution in [0.2, 0.25) is 0 Å². The fourth-order valence-corrected chi connectivity index (χ4v) is 2.90. The van der Waals surface area contributed by atoms with Crippen molar-refractivity contribution in [3.63, 3.8) is 0 Å². The van der Waals surface area contributed by atoms with Crippen LogP contribution in [0.4, 0.5) is 0 Å². The predicted octanol–water partition coefficient (Wildman–Crippen LogP) is 1.15. The second kappa shape index (κ2) is 4.92. The number of ether oxygens (including phenoxy) is 2. The molecule has 0 amide bonds. The fraction of sp³-hybridized carbons (Fsp3) is 0.333. The maximum Gasteiger partial charge on any atom is 0.329 e. The monoisotopic (exact) mass is 284 g/mol. The molecule has 1 saturated carbocycles. The maximum absolute atomic E-state index is 12.1. The number of nitrogens with zero attached hydrogens (tertiary/aromatic N) is 2. The molecule has 0 spiro atoms. The number of hydrogen-bond donors (Lipinski definition) is 0. The van der Waals surface area contributed by atoms with Crippen LogP contribution in [0.1, 0.15) is 11.5 Å². The topological polar surface area (TPSA) is 100 Å². The van der Waals surface area contributed by atoms with Crippen LogP contribution in [0.25, 0.3) is 0 Å². The van der Waals surface area contributed by atoms with Crippen LogP contribution < -0.4 is 0 Å². The van der Waals surface area contributed by atoms with Crippen molar-refractivity contribution in [2.24, 2.45) is 10.8 Å². The highest BCUT2D eigenvalue weighted by Gasteiger charge is 2.88. The van der Waals surface area contributed by atoms with Crippen molar-refractivity contribution >= 4 is 11.9 Å². The fourth-order valence-electron chi connectivity index (χ4n) is 2.90. The molecule has 2 unspecified atom stereocenters. The first-order valence-corrected chi connectivity index (χ1v) is 6.11. The molecule has 1 aromatic rings. The van der Waals surface area contributed by atoms with E-state index in [0.717, 1.165) is 14.2 Å². The van der Waals surface area contributed by atoms with E-state index >= 15 is 0 Å². The molecule has 0 radical (unpaired) electrons. The van der Waals surface area contributed by atoms with E-state index < -0.39 is 28.7 Å². The van der Waals surface area contributed by atoms with Gasteiger partial charge in [0, 0.05) is 5.92 Å². The van der Waals surface area contributed by atoms with E-state index in [1.54, 1.807) is 30.3 Å². The lowest BCUT2D eigenvalue weighted by atomic mass is 9.95. The summed E-state index contributed by atoms with van der Waals surface area (Å²) in [7, 11) is 2.22. The van der Waals surface area contributed by atoms with Crippen LogP contribution in [0.5, 0.6) is 0 Å². The van der Waals surface area contributed by atoms with E-state index in [2.05, 4.69) is 9.47 Å². The molecule has 1 aliphatic carbocycles. The SMILES string of the molecule is COC(=O)C1(C#N)C(c2ccccc2)C1(C#N)C(=O)OC. The van der Waals surface area contributed by atoms with E-state index in [4.69, 9.17) is 0 Å². The van der Waals surface area contributed by atoms with Gasteiger partial charge in [-0.1, -0.05) is 30.3 Å². The highest BCUT2D eigenvalue weighted by Crippen LogP contribution is 2.74. The second-order valence-electron chi connectivity index (χ2n) is 4.67. The molecular weight excluding hydrogens is 272 g/mol. The molecule has 6 heteroatoms. The van der Waals surface area contributed by atoms with Gasteiger partial charge in [0.25, 0.3) is 0 Å². The molecule has 1 fully saturated rings. The molecule has 21 heavy (non-hydrogen) atoms. The first-order chi connectivity index (χ1) is 10.1. The van der Waals surface area contributed by atoms with E-state index in [-0.39, 0.29) is 0 Å². The summed E-state index contributed by atoms with van der Waals surface area (Å²) >= 11 is 0. The first kappa shape index (κ1) is 14.5. The van der Waals surface area contributed by atoms with Gasteiger partial charge in [0.15, 0.2) is 10.8 Å². The molecule has 106 valence electrons. The molecule has 1 aliphatic rings. The van der Waals surface area contributed by atoms with E-state index in [1.807, 2.05) is 12.1 Å². The Balaban J connectivity index is 2.68. The molecule has 2 atom stereocenters. The molecule has 0 aliphatic heterocycles. The number of nitriles is 2. The smallest absolute Gasteiger partial charge is 0.329 e. The molecule has 0 saturated heterocycles. The van der Waals surface area contributed by atoms with Crippen molar-refractivity contribution in [1.82, 2.24) is 0 Å². The van der Waals surface area contributed by atoms with Crippen LogP contribution in [-0.2, 0) is 19.1 Å². The zero-order valence-electron chi connectivity index (χ0n) is 11.5. The molecule has 1 aromatic carbocycles. The van der Waals surface area contributed by atoms with Crippen LogP contribution >= 0.6 is 0 Å². The molecule has 0 heterocycles. The van der Waals surface area contributed by atoms with Gasteiger partial charge in [-0.15, -0.1) is 0 Å². The van der Waals surface area contributed by atoms with E-state index in [0.29, 0.717) is 5.56 Å². The lowest BCUT2D eigenvalue weighted by molar-refractivity contribution is -0.153. The highest BCUT2D eigenvalue weighted by atomic mass is 16.5. The lowest BCUT2D eigenvalue weighted by Gasteiger charge is -2.09. The van der Waals surface area contributed by atoms with Crippen LogP contribution in [0, 0.1) is 33.5 Å². The molecule has 0 aromatic heterocycles. The second-order valence-corrected chi connectivity index (χ2v) is 4.67. The van der Waals surface area contributed by atoms with Crippen molar-refractivity contribution in [2.45, 2.75) is 5.92 Å².